The molecule has 7 nitrogen and oxygen atoms in total. The molecule has 18 heavy (non-hydrogen) atoms. The highest BCUT2D eigenvalue weighted by molar-refractivity contribution is 7.91. The Hall–Kier alpha value is -1.41. The number of nitrogens with one attached hydrogen (secondary N) is 1. The molecule has 0 spiro atoms. The lowest BCUT2D eigenvalue weighted by atomic mass is 10.1. The zero-order valence-electron chi connectivity index (χ0n) is 9.66. The lowest BCUT2D eigenvalue weighted by Crippen LogP contribution is -2.37. The summed E-state index contributed by atoms with van der Waals surface area (Å²) in [5.74, 6) is 0.597. The number of rotatable bonds is 4. The van der Waals surface area contributed by atoms with E-state index in [2.05, 4.69) is 5.32 Å². The summed E-state index contributed by atoms with van der Waals surface area (Å²) in [4.78, 5) is 9.83. The van der Waals surface area contributed by atoms with Crippen molar-refractivity contribution in [3.63, 3.8) is 0 Å². The minimum absolute atomic E-state index is 0.123. The molecule has 0 radical (unpaired) electrons. The van der Waals surface area contributed by atoms with Crippen LogP contribution in [0.1, 0.15) is 18.6 Å². The molecule has 1 aromatic rings. The van der Waals surface area contributed by atoms with E-state index >= 15 is 0 Å². The summed E-state index contributed by atoms with van der Waals surface area (Å²) in [5.41, 5.74) is 0. The Bertz CT molecular complexity index is 522. The molecule has 2 heterocycles. The summed E-state index contributed by atoms with van der Waals surface area (Å²) in [6.45, 7) is 0.374. The van der Waals surface area contributed by atoms with Crippen LogP contribution >= 0.6 is 0 Å². The zero-order chi connectivity index (χ0) is 13.2. The van der Waals surface area contributed by atoms with Crippen LogP contribution in [-0.4, -0.2) is 30.9 Å². The first kappa shape index (κ1) is 13.0. The van der Waals surface area contributed by atoms with E-state index in [4.69, 9.17) is 4.42 Å². The first-order chi connectivity index (χ1) is 8.46. The Morgan fingerprint density at radius 1 is 1.39 bits per heavy atom. The van der Waals surface area contributed by atoms with E-state index < -0.39 is 14.8 Å². The van der Waals surface area contributed by atoms with Crippen LogP contribution in [-0.2, 0) is 16.4 Å². The third kappa shape index (κ3) is 3.30. The zero-order valence-corrected chi connectivity index (χ0v) is 10.5. The van der Waals surface area contributed by atoms with Gasteiger partial charge in [-0.3, -0.25) is 10.1 Å². The molecule has 0 bridgehead atoms. The van der Waals surface area contributed by atoms with E-state index in [1.165, 1.54) is 6.07 Å². The summed E-state index contributed by atoms with van der Waals surface area (Å²) >= 11 is 0. The molecule has 0 aliphatic carbocycles. The SMILES string of the molecule is O=[N+]([O-])c1ccc(CNC2CCS(=O)(=O)CC2)o1. The second-order valence-electron chi connectivity index (χ2n) is 4.30. The number of nitro groups is 1. The van der Waals surface area contributed by atoms with Crippen molar-refractivity contribution in [3.05, 3.63) is 28.0 Å². The van der Waals surface area contributed by atoms with Crippen molar-refractivity contribution in [1.82, 2.24) is 5.32 Å². The molecule has 0 saturated carbocycles. The Labute approximate surface area is 104 Å². The maximum atomic E-state index is 11.2. The molecule has 2 rings (SSSR count). The van der Waals surface area contributed by atoms with E-state index in [9.17, 15) is 18.5 Å². The van der Waals surface area contributed by atoms with Crippen molar-refractivity contribution < 1.29 is 17.8 Å². The summed E-state index contributed by atoms with van der Waals surface area (Å²) in [5, 5.41) is 13.6. The Morgan fingerprint density at radius 3 is 2.61 bits per heavy atom. The van der Waals surface area contributed by atoms with Gasteiger partial charge in [0.2, 0.25) is 0 Å². The average molecular weight is 274 g/mol. The van der Waals surface area contributed by atoms with Gasteiger partial charge in [-0.2, -0.15) is 0 Å². The van der Waals surface area contributed by atoms with Crippen molar-refractivity contribution in [2.75, 3.05) is 11.5 Å². The minimum atomic E-state index is -2.86. The van der Waals surface area contributed by atoms with Crippen molar-refractivity contribution in [3.8, 4) is 0 Å². The van der Waals surface area contributed by atoms with Gasteiger partial charge in [0.15, 0.2) is 0 Å². The van der Waals surface area contributed by atoms with E-state index in [1.807, 2.05) is 0 Å². The van der Waals surface area contributed by atoms with Crippen LogP contribution in [0, 0.1) is 10.1 Å². The summed E-state index contributed by atoms with van der Waals surface area (Å²) in [6.07, 6.45) is 1.15. The van der Waals surface area contributed by atoms with Gasteiger partial charge in [-0.15, -0.1) is 0 Å². The second-order valence-corrected chi connectivity index (χ2v) is 6.61. The summed E-state index contributed by atoms with van der Waals surface area (Å²) < 4.78 is 27.5. The first-order valence-electron chi connectivity index (χ1n) is 5.63. The fourth-order valence-corrected chi connectivity index (χ4v) is 3.39. The van der Waals surface area contributed by atoms with E-state index in [-0.39, 0.29) is 23.4 Å². The molecule has 100 valence electrons. The quantitative estimate of drug-likeness (QED) is 0.645. The van der Waals surface area contributed by atoms with Crippen molar-refractivity contribution >= 4 is 15.7 Å². The minimum Gasteiger partial charge on any atom is -0.404 e. The lowest BCUT2D eigenvalue weighted by molar-refractivity contribution is -0.402. The number of sulfone groups is 1. The lowest BCUT2D eigenvalue weighted by Gasteiger charge is -2.22. The Kier molecular flexibility index (Phi) is 3.67. The Morgan fingerprint density at radius 2 is 2.06 bits per heavy atom. The molecule has 1 aliphatic rings. The van der Waals surface area contributed by atoms with Gasteiger partial charge in [0.1, 0.15) is 20.5 Å². The fraction of sp³-hybridized carbons (Fsp3) is 0.600. The maximum absolute atomic E-state index is 11.2. The van der Waals surface area contributed by atoms with Crippen LogP contribution < -0.4 is 5.32 Å². The van der Waals surface area contributed by atoms with Gasteiger partial charge in [-0.1, -0.05) is 0 Å². The maximum Gasteiger partial charge on any atom is 0.433 e. The van der Waals surface area contributed by atoms with Gasteiger partial charge >= 0.3 is 5.88 Å². The molecule has 1 N–H and O–H groups in total. The van der Waals surface area contributed by atoms with Gasteiger partial charge in [0.05, 0.1) is 24.1 Å². The smallest absolute Gasteiger partial charge is 0.404 e. The predicted molar refractivity (Wildman–Crippen MR) is 63.9 cm³/mol. The number of furan rings is 1. The highest BCUT2D eigenvalue weighted by atomic mass is 32.2. The third-order valence-corrected chi connectivity index (χ3v) is 4.66. The fourth-order valence-electron chi connectivity index (χ4n) is 1.90. The normalized spacial score (nSPS) is 19.8. The van der Waals surface area contributed by atoms with Gasteiger partial charge < -0.3 is 9.73 Å². The number of hydrogen-bond acceptors (Lipinski definition) is 6. The number of nitrogens with zero attached hydrogens (tertiary/aromatic N) is 1. The number of hydrogen-bond donors (Lipinski definition) is 1. The second kappa shape index (κ2) is 5.07. The Balaban J connectivity index is 1.83. The molecule has 1 saturated heterocycles. The highest BCUT2D eigenvalue weighted by Gasteiger charge is 2.23. The van der Waals surface area contributed by atoms with Crippen molar-refractivity contribution in [1.29, 1.82) is 0 Å². The summed E-state index contributed by atoms with van der Waals surface area (Å²) in [7, 11) is -2.86. The first-order valence-corrected chi connectivity index (χ1v) is 7.45. The van der Waals surface area contributed by atoms with Crippen LogP contribution in [0.3, 0.4) is 0 Å². The largest absolute Gasteiger partial charge is 0.433 e. The van der Waals surface area contributed by atoms with Gasteiger partial charge in [0.25, 0.3) is 0 Å². The average Bonchev–Trinajstić information content (AvgIpc) is 2.76. The monoisotopic (exact) mass is 274 g/mol. The van der Waals surface area contributed by atoms with E-state index in [0.717, 1.165) is 0 Å². The van der Waals surface area contributed by atoms with Crippen molar-refractivity contribution in [2.24, 2.45) is 0 Å². The molecule has 1 aromatic heterocycles. The van der Waals surface area contributed by atoms with Gasteiger partial charge in [-0.25, -0.2) is 8.42 Å². The molecule has 0 amide bonds. The van der Waals surface area contributed by atoms with Crippen LogP contribution in [0.2, 0.25) is 0 Å². The standard InChI is InChI=1S/C10H14N2O5S/c13-12(14)10-2-1-9(17-10)7-11-8-3-5-18(15,16)6-4-8/h1-2,8,11H,3-7H2. The predicted octanol–water partition coefficient (Wildman–Crippen LogP) is 0.855. The molecule has 8 heteroatoms. The van der Waals surface area contributed by atoms with Crippen LogP contribution in [0.5, 0.6) is 0 Å². The van der Waals surface area contributed by atoms with Gasteiger partial charge in [0, 0.05) is 6.04 Å². The van der Waals surface area contributed by atoms with Crippen LogP contribution in [0.15, 0.2) is 16.5 Å². The van der Waals surface area contributed by atoms with Gasteiger partial charge in [-0.05, 0) is 18.9 Å². The third-order valence-electron chi connectivity index (χ3n) is 2.95. The van der Waals surface area contributed by atoms with E-state index in [0.29, 0.717) is 25.1 Å². The highest BCUT2D eigenvalue weighted by Crippen LogP contribution is 2.17. The van der Waals surface area contributed by atoms with E-state index in [1.54, 1.807) is 6.07 Å². The van der Waals surface area contributed by atoms with Crippen LogP contribution in [0.25, 0.3) is 0 Å². The molecule has 1 fully saturated rings. The van der Waals surface area contributed by atoms with Crippen LogP contribution in [0.4, 0.5) is 5.88 Å². The molecule has 1 aliphatic heterocycles. The molecule has 0 atom stereocenters. The topological polar surface area (TPSA) is 102 Å². The van der Waals surface area contributed by atoms with Crippen molar-refractivity contribution in [2.45, 2.75) is 25.4 Å². The summed E-state index contributed by atoms with van der Waals surface area (Å²) in [6, 6.07) is 2.98. The molecule has 0 unspecified atom stereocenters. The molecular formula is C10H14N2O5S. The molecule has 0 aromatic carbocycles. The molecular weight excluding hydrogens is 260 g/mol.